The van der Waals surface area contributed by atoms with Crippen LogP contribution in [0, 0.1) is 0 Å². The summed E-state index contributed by atoms with van der Waals surface area (Å²) in [5.74, 6) is 1.14. The molecule has 1 aromatic heterocycles. The van der Waals surface area contributed by atoms with Crippen LogP contribution in [0.25, 0.3) is 0 Å². The Morgan fingerprint density at radius 3 is 2.50 bits per heavy atom. The molecule has 0 radical (unpaired) electrons. The van der Waals surface area contributed by atoms with E-state index in [1.54, 1.807) is 0 Å². The number of aromatic nitrogens is 2. The maximum Gasteiger partial charge on any atom is 0.260 e. The molecule has 3 nitrogen and oxygen atoms in total. The van der Waals surface area contributed by atoms with Crippen molar-refractivity contribution in [2.45, 2.75) is 63.3 Å². The van der Waals surface area contributed by atoms with E-state index in [4.69, 9.17) is 0 Å². The van der Waals surface area contributed by atoms with Crippen LogP contribution in [0.5, 0.6) is 0 Å². The van der Waals surface area contributed by atoms with Gasteiger partial charge in [0.05, 0.1) is 10.2 Å². The summed E-state index contributed by atoms with van der Waals surface area (Å²) in [4.78, 5) is 0. The molecule has 1 N–H and O–H groups in total. The van der Waals surface area contributed by atoms with Gasteiger partial charge in [-0.15, -0.1) is 0 Å². The van der Waals surface area contributed by atoms with Gasteiger partial charge in [0.15, 0.2) is 0 Å². The van der Waals surface area contributed by atoms with Crippen LogP contribution in [0.3, 0.4) is 0 Å². The van der Waals surface area contributed by atoms with Gasteiger partial charge in [-0.05, 0) is 35.2 Å². The van der Waals surface area contributed by atoms with Gasteiger partial charge in [-0.25, -0.2) is 13.5 Å². The van der Waals surface area contributed by atoms with Gasteiger partial charge >= 0.3 is 0 Å². The highest BCUT2D eigenvalue weighted by Crippen LogP contribution is 2.41. The summed E-state index contributed by atoms with van der Waals surface area (Å²) in [6, 6.07) is -0.790. The highest BCUT2D eigenvalue weighted by atomic mass is 79.9. The topological polar surface area (TPSA) is 29.9 Å². The van der Waals surface area contributed by atoms with Gasteiger partial charge in [0, 0.05) is 12.5 Å². The summed E-state index contributed by atoms with van der Waals surface area (Å²) in [5, 5.41) is 7.76. The van der Waals surface area contributed by atoms with Crippen molar-refractivity contribution in [3.05, 3.63) is 10.2 Å². The van der Waals surface area contributed by atoms with Gasteiger partial charge in [-0.2, -0.15) is 5.10 Å². The second-order valence-electron chi connectivity index (χ2n) is 5.80. The van der Waals surface area contributed by atoms with Crippen LogP contribution >= 0.6 is 15.9 Å². The van der Waals surface area contributed by atoms with E-state index in [1.807, 2.05) is 0 Å². The number of anilines is 1. The predicted molar refractivity (Wildman–Crippen MR) is 78.5 cm³/mol. The first-order valence-electron chi connectivity index (χ1n) is 7.48. The molecule has 1 aliphatic heterocycles. The predicted octanol–water partition coefficient (Wildman–Crippen LogP) is 4.71. The van der Waals surface area contributed by atoms with Crippen molar-refractivity contribution in [2.75, 3.05) is 11.9 Å². The SMILES string of the molecule is FC(F)C1CCNc2c(Br)c(C3CCCCCC3)nn21. The van der Waals surface area contributed by atoms with Crippen LogP contribution in [0.4, 0.5) is 14.6 Å². The normalized spacial score (nSPS) is 24.3. The fourth-order valence-electron chi connectivity index (χ4n) is 3.34. The molecule has 1 atom stereocenters. The molecule has 0 aromatic carbocycles. The molecular weight excluding hydrogens is 328 g/mol. The number of alkyl halides is 2. The summed E-state index contributed by atoms with van der Waals surface area (Å²) in [7, 11) is 0. The highest BCUT2D eigenvalue weighted by molar-refractivity contribution is 9.10. The lowest BCUT2D eigenvalue weighted by atomic mass is 9.97. The summed E-state index contributed by atoms with van der Waals surface area (Å²) in [6.07, 6.45) is 5.30. The zero-order valence-electron chi connectivity index (χ0n) is 11.4. The van der Waals surface area contributed by atoms with Crippen molar-refractivity contribution in [3.63, 3.8) is 0 Å². The van der Waals surface area contributed by atoms with E-state index < -0.39 is 12.5 Å². The van der Waals surface area contributed by atoms with Gasteiger partial charge in [-0.1, -0.05) is 25.7 Å². The zero-order valence-corrected chi connectivity index (χ0v) is 13.0. The molecule has 2 aliphatic rings. The minimum Gasteiger partial charge on any atom is -0.369 e. The Balaban J connectivity index is 1.93. The van der Waals surface area contributed by atoms with Crippen LogP contribution in [0.2, 0.25) is 0 Å². The van der Waals surface area contributed by atoms with Crippen LogP contribution in [-0.4, -0.2) is 22.8 Å². The van der Waals surface area contributed by atoms with Crippen LogP contribution in [-0.2, 0) is 0 Å². The van der Waals surface area contributed by atoms with Crippen LogP contribution in [0.15, 0.2) is 4.47 Å². The lowest BCUT2D eigenvalue weighted by Gasteiger charge is -2.24. The van der Waals surface area contributed by atoms with Crippen molar-refractivity contribution in [3.8, 4) is 0 Å². The average Bonchev–Trinajstić information content (AvgIpc) is 2.65. The van der Waals surface area contributed by atoms with Gasteiger partial charge in [-0.3, -0.25) is 0 Å². The molecule has 20 heavy (non-hydrogen) atoms. The van der Waals surface area contributed by atoms with Gasteiger partial charge in [0.1, 0.15) is 11.9 Å². The highest BCUT2D eigenvalue weighted by Gasteiger charge is 2.33. The Kier molecular flexibility index (Phi) is 4.29. The van der Waals surface area contributed by atoms with Crippen LogP contribution < -0.4 is 5.32 Å². The Bertz CT molecular complexity index is 467. The van der Waals surface area contributed by atoms with Gasteiger partial charge < -0.3 is 5.32 Å². The van der Waals surface area contributed by atoms with E-state index in [0.717, 1.165) is 28.8 Å². The van der Waals surface area contributed by atoms with E-state index >= 15 is 0 Å². The van der Waals surface area contributed by atoms with E-state index in [9.17, 15) is 8.78 Å². The molecular formula is C14H20BrF2N3. The smallest absolute Gasteiger partial charge is 0.260 e. The minimum absolute atomic E-state index is 0.407. The first kappa shape index (κ1) is 14.3. The summed E-state index contributed by atoms with van der Waals surface area (Å²) in [6.45, 7) is 0.587. The molecule has 2 heterocycles. The number of hydrogen-bond donors (Lipinski definition) is 1. The van der Waals surface area contributed by atoms with E-state index in [-0.39, 0.29) is 0 Å². The summed E-state index contributed by atoms with van der Waals surface area (Å²) < 4.78 is 28.7. The molecule has 6 heteroatoms. The van der Waals surface area contributed by atoms with Crippen LogP contribution in [0.1, 0.15) is 62.6 Å². The Morgan fingerprint density at radius 2 is 1.85 bits per heavy atom. The minimum atomic E-state index is -2.36. The Labute approximate surface area is 126 Å². The monoisotopic (exact) mass is 347 g/mol. The third kappa shape index (κ3) is 2.59. The molecule has 112 valence electrons. The maximum absolute atomic E-state index is 13.1. The molecule has 1 aliphatic carbocycles. The first-order chi connectivity index (χ1) is 9.68. The van der Waals surface area contributed by atoms with Crippen molar-refractivity contribution in [1.82, 2.24) is 9.78 Å². The molecule has 3 rings (SSSR count). The average molecular weight is 348 g/mol. The number of fused-ring (bicyclic) bond motifs is 1. The number of hydrogen-bond acceptors (Lipinski definition) is 2. The zero-order chi connectivity index (χ0) is 14.1. The van der Waals surface area contributed by atoms with Crippen molar-refractivity contribution >= 4 is 21.7 Å². The van der Waals surface area contributed by atoms with Gasteiger partial charge in [0.25, 0.3) is 6.43 Å². The van der Waals surface area contributed by atoms with Crippen molar-refractivity contribution < 1.29 is 8.78 Å². The molecule has 0 saturated heterocycles. The summed E-state index contributed by atoms with van der Waals surface area (Å²) >= 11 is 3.58. The van der Waals surface area contributed by atoms with Crippen molar-refractivity contribution in [2.24, 2.45) is 0 Å². The molecule has 1 aromatic rings. The third-order valence-electron chi connectivity index (χ3n) is 4.46. The van der Waals surface area contributed by atoms with Crippen molar-refractivity contribution in [1.29, 1.82) is 0 Å². The second-order valence-corrected chi connectivity index (χ2v) is 6.59. The Morgan fingerprint density at radius 1 is 1.15 bits per heavy atom. The molecule has 1 unspecified atom stereocenters. The standard InChI is InChI=1S/C14H20BrF2N3/c15-11-12(9-5-3-1-2-4-6-9)19-20-10(13(16)17)7-8-18-14(11)20/h9-10,13,18H,1-8H2. The van der Waals surface area contributed by atoms with Gasteiger partial charge in [0.2, 0.25) is 0 Å². The molecule has 0 amide bonds. The number of nitrogens with zero attached hydrogens (tertiary/aromatic N) is 2. The largest absolute Gasteiger partial charge is 0.369 e. The fraction of sp³-hybridized carbons (Fsp3) is 0.786. The number of halogens is 3. The van der Waals surface area contributed by atoms with E-state index in [0.29, 0.717) is 18.9 Å². The van der Waals surface area contributed by atoms with E-state index in [1.165, 1.54) is 30.4 Å². The lowest BCUT2D eigenvalue weighted by molar-refractivity contribution is 0.0712. The molecule has 0 spiro atoms. The lowest BCUT2D eigenvalue weighted by Crippen LogP contribution is -2.28. The molecule has 1 fully saturated rings. The number of nitrogens with one attached hydrogen (secondary N) is 1. The maximum atomic E-state index is 13.1. The first-order valence-corrected chi connectivity index (χ1v) is 8.27. The fourth-order valence-corrected chi connectivity index (χ4v) is 4.06. The number of rotatable bonds is 2. The third-order valence-corrected chi connectivity index (χ3v) is 5.24. The summed E-state index contributed by atoms with van der Waals surface area (Å²) in [5.41, 5.74) is 0.974. The quantitative estimate of drug-likeness (QED) is 0.785. The van der Waals surface area contributed by atoms with E-state index in [2.05, 4.69) is 26.3 Å². The second kappa shape index (κ2) is 6.00. The molecule has 0 bridgehead atoms. The molecule has 1 saturated carbocycles. The Hall–Kier alpha value is -0.650.